The Morgan fingerprint density at radius 2 is 1.94 bits per heavy atom. The van der Waals surface area contributed by atoms with Gasteiger partial charge in [0.25, 0.3) is 0 Å². The number of H-pyrrole nitrogens is 1. The van der Waals surface area contributed by atoms with Crippen molar-refractivity contribution in [2.45, 2.75) is 50.9 Å². The molecule has 35 heavy (non-hydrogen) atoms. The van der Waals surface area contributed by atoms with Gasteiger partial charge in [0, 0.05) is 40.9 Å². The minimum Gasteiger partial charge on any atom is -0.481 e. The molecule has 1 aromatic carbocycles. The number of nitrogens with zero attached hydrogens (tertiary/aromatic N) is 3. The monoisotopic (exact) mass is 482 g/mol. The molecular formula is C26H28F2N4O3. The van der Waals surface area contributed by atoms with Gasteiger partial charge >= 0.3 is 5.97 Å². The number of carbonyl (C=O) groups is 1. The van der Waals surface area contributed by atoms with E-state index in [4.69, 9.17) is 9.72 Å². The molecule has 0 aliphatic heterocycles. The van der Waals surface area contributed by atoms with Gasteiger partial charge in [0.2, 0.25) is 0 Å². The summed E-state index contributed by atoms with van der Waals surface area (Å²) in [4.78, 5) is 16.5. The van der Waals surface area contributed by atoms with Crippen LogP contribution in [0.5, 0.6) is 0 Å². The third-order valence-corrected chi connectivity index (χ3v) is 7.17. The van der Waals surface area contributed by atoms with Crippen molar-refractivity contribution < 1.29 is 23.4 Å². The molecule has 5 rings (SSSR count). The van der Waals surface area contributed by atoms with E-state index in [1.807, 2.05) is 10.6 Å². The fourth-order valence-corrected chi connectivity index (χ4v) is 5.59. The minimum absolute atomic E-state index is 0.0682. The molecule has 4 aromatic rings. The molecule has 0 saturated heterocycles. The number of aromatic nitrogens is 4. The smallest absolute Gasteiger partial charge is 0.306 e. The van der Waals surface area contributed by atoms with Crippen LogP contribution in [0.4, 0.5) is 8.78 Å². The molecule has 1 aliphatic rings. The molecule has 0 unspecified atom stereocenters. The van der Waals surface area contributed by atoms with Crippen LogP contribution in [0.25, 0.3) is 27.8 Å². The average Bonchev–Trinajstić information content (AvgIpc) is 3.41. The van der Waals surface area contributed by atoms with Crippen molar-refractivity contribution in [1.82, 2.24) is 19.7 Å². The fourth-order valence-electron chi connectivity index (χ4n) is 5.59. The van der Waals surface area contributed by atoms with Gasteiger partial charge < -0.3 is 14.4 Å². The number of fused-ring (bicyclic) bond motifs is 2. The fraction of sp³-hybridized carbons (Fsp3) is 0.423. The Morgan fingerprint density at radius 3 is 2.60 bits per heavy atom. The molecule has 3 aromatic heterocycles. The molecule has 0 spiro atoms. The zero-order chi connectivity index (χ0) is 24.9. The average molecular weight is 483 g/mol. The maximum absolute atomic E-state index is 14.4. The first-order valence-corrected chi connectivity index (χ1v) is 11.8. The van der Waals surface area contributed by atoms with Crippen LogP contribution in [0.2, 0.25) is 0 Å². The van der Waals surface area contributed by atoms with Gasteiger partial charge in [0.1, 0.15) is 0 Å². The lowest BCUT2D eigenvalue weighted by atomic mass is 9.75. The molecule has 3 heterocycles. The van der Waals surface area contributed by atoms with Crippen LogP contribution >= 0.6 is 0 Å². The number of halogens is 2. The summed E-state index contributed by atoms with van der Waals surface area (Å²) >= 11 is 0. The van der Waals surface area contributed by atoms with Crippen molar-refractivity contribution in [3.8, 4) is 5.69 Å². The Morgan fingerprint density at radius 1 is 1.20 bits per heavy atom. The number of aromatic amines is 1. The van der Waals surface area contributed by atoms with Crippen molar-refractivity contribution in [3.63, 3.8) is 0 Å². The Kier molecular flexibility index (Phi) is 5.83. The number of ether oxygens (including phenoxy) is 1. The van der Waals surface area contributed by atoms with E-state index in [1.165, 1.54) is 6.07 Å². The molecule has 0 radical (unpaired) electrons. The summed E-state index contributed by atoms with van der Waals surface area (Å²) in [6.45, 7) is 4.51. The van der Waals surface area contributed by atoms with Gasteiger partial charge in [0.15, 0.2) is 17.3 Å². The predicted octanol–water partition coefficient (Wildman–Crippen LogP) is 5.46. The highest BCUT2D eigenvalue weighted by Gasteiger charge is 2.37. The van der Waals surface area contributed by atoms with E-state index in [0.29, 0.717) is 43.6 Å². The lowest BCUT2D eigenvalue weighted by Gasteiger charge is -2.32. The van der Waals surface area contributed by atoms with E-state index < -0.39 is 23.0 Å². The second-order valence-electron chi connectivity index (χ2n) is 10.1. The highest BCUT2D eigenvalue weighted by Crippen LogP contribution is 2.46. The second-order valence-corrected chi connectivity index (χ2v) is 10.1. The van der Waals surface area contributed by atoms with Gasteiger partial charge in [-0.25, -0.2) is 13.8 Å². The first-order chi connectivity index (χ1) is 16.7. The van der Waals surface area contributed by atoms with Crippen LogP contribution in [-0.4, -0.2) is 44.5 Å². The molecular weight excluding hydrogens is 454 g/mol. The first kappa shape index (κ1) is 23.4. The van der Waals surface area contributed by atoms with Crippen LogP contribution in [0.3, 0.4) is 0 Å². The number of hydrogen-bond donors (Lipinski definition) is 2. The van der Waals surface area contributed by atoms with Crippen LogP contribution in [0, 0.1) is 17.6 Å². The van der Waals surface area contributed by atoms with Gasteiger partial charge in [-0.1, -0.05) is 13.8 Å². The molecule has 1 saturated carbocycles. The third-order valence-electron chi connectivity index (χ3n) is 7.17. The molecule has 0 atom stereocenters. The summed E-state index contributed by atoms with van der Waals surface area (Å²) < 4.78 is 35.8. The maximum Gasteiger partial charge on any atom is 0.306 e. The van der Waals surface area contributed by atoms with E-state index in [0.717, 1.165) is 33.7 Å². The number of hydrogen-bond acceptors (Lipinski definition) is 4. The summed E-state index contributed by atoms with van der Waals surface area (Å²) in [7, 11) is 1.64. The summed E-state index contributed by atoms with van der Waals surface area (Å²) in [5.41, 5.74) is 4.05. The Labute approximate surface area is 201 Å². The summed E-state index contributed by atoms with van der Waals surface area (Å²) in [5, 5.41) is 17.4. The molecule has 1 aliphatic carbocycles. The summed E-state index contributed by atoms with van der Waals surface area (Å²) in [6, 6.07) is 5.85. The lowest BCUT2D eigenvalue weighted by Crippen LogP contribution is -2.29. The molecule has 0 amide bonds. The van der Waals surface area contributed by atoms with Gasteiger partial charge in [-0.2, -0.15) is 5.10 Å². The molecule has 184 valence electrons. The van der Waals surface area contributed by atoms with E-state index in [1.54, 1.807) is 19.4 Å². The van der Waals surface area contributed by atoms with Crippen LogP contribution in [0.1, 0.15) is 56.7 Å². The lowest BCUT2D eigenvalue weighted by molar-refractivity contribution is -0.142. The highest BCUT2D eigenvalue weighted by molar-refractivity contribution is 5.94. The third kappa shape index (κ3) is 3.97. The normalized spacial score (nSPS) is 19.0. The quantitative estimate of drug-likeness (QED) is 0.381. The maximum atomic E-state index is 14.4. The number of carboxylic acids is 1. The van der Waals surface area contributed by atoms with E-state index >= 15 is 0 Å². The predicted molar refractivity (Wildman–Crippen MR) is 128 cm³/mol. The SMILES string of the molecule is COCC(C)(C)c1c(C2CCC(C(=O)O)CC2)c2nc3[nH]ncc3cc2n1-c1ccc(F)c(F)c1. The number of nitrogens with one attached hydrogen (secondary N) is 1. The first-order valence-electron chi connectivity index (χ1n) is 11.8. The zero-order valence-electron chi connectivity index (χ0n) is 19.9. The zero-order valence-corrected chi connectivity index (χ0v) is 19.9. The number of methoxy groups -OCH3 is 1. The van der Waals surface area contributed by atoms with Crippen molar-refractivity contribution in [1.29, 1.82) is 0 Å². The van der Waals surface area contributed by atoms with E-state index in [9.17, 15) is 18.7 Å². The van der Waals surface area contributed by atoms with E-state index in [2.05, 4.69) is 24.0 Å². The standard InChI is InChI=1S/C26H28F2N4O3/c1-26(2,13-35-3)23-21(14-4-6-15(7-5-14)25(33)34)22-20(10-16-12-29-31-24(16)30-22)32(23)17-8-9-18(27)19(28)11-17/h8-12,14-15H,4-7,13H2,1-3H3,(H,33,34)(H,29,30,31). The molecule has 1 fully saturated rings. The van der Waals surface area contributed by atoms with Gasteiger partial charge in [-0.05, 0) is 49.8 Å². The summed E-state index contributed by atoms with van der Waals surface area (Å²) in [6.07, 6.45) is 4.24. The van der Waals surface area contributed by atoms with Crippen molar-refractivity contribution >= 4 is 28.0 Å². The van der Waals surface area contributed by atoms with Gasteiger partial charge in [-0.15, -0.1) is 0 Å². The Balaban J connectivity index is 1.83. The number of benzene rings is 1. The van der Waals surface area contributed by atoms with Gasteiger partial charge in [0.05, 0.1) is 29.8 Å². The van der Waals surface area contributed by atoms with Crippen molar-refractivity contribution in [2.75, 3.05) is 13.7 Å². The van der Waals surface area contributed by atoms with Crippen molar-refractivity contribution in [2.24, 2.45) is 5.92 Å². The molecule has 7 nitrogen and oxygen atoms in total. The van der Waals surface area contributed by atoms with Crippen LogP contribution in [-0.2, 0) is 14.9 Å². The highest BCUT2D eigenvalue weighted by atomic mass is 19.2. The van der Waals surface area contributed by atoms with E-state index in [-0.39, 0.29) is 11.8 Å². The largest absolute Gasteiger partial charge is 0.481 e. The number of pyridine rings is 1. The van der Waals surface area contributed by atoms with Crippen molar-refractivity contribution in [3.05, 3.63) is 53.4 Å². The Bertz CT molecular complexity index is 1420. The van der Waals surface area contributed by atoms with Crippen LogP contribution < -0.4 is 0 Å². The Hall–Kier alpha value is -3.33. The minimum atomic E-state index is -0.930. The second kappa shape index (κ2) is 8.71. The van der Waals surface area contributed by atoms with Crippen LogP contribution in [0.15, 0.2) is 30.5 Å². The topological polar surface area (TPSA) is 93.0 Å². The molecule has 0 bridgehead atoms. The number of rotatable bonds is 6. The van der Waals surface area contributed by atoms with Gasteiger partial charge in [-0.3, -0.25) is 9.89 Å². The summed E-state index contributed by atoms with van der Waals surface area (Å²) in [5.74, 6) is -2.89. The number of aliphatic carboxylic acids is 1. The molecule has 9 heteroatoms. The number of carboxylic acid groups (broad SMARTS) is 1. The molecule has 2 N–H and O–H groups in total.